The zero-order valence-corrected chi connectivity index (χ0v) is 14.6. The van der Waals surface area contributed by atoms with Crippen LogP contribution in [0.1, 0.15) is 0 Å². The van der Waals surface area contributed by atoms with Gasteiger partial charge in [0.15, 0.2) is 5.13 Å². The monoisotopic (exact) mass is 397 g/mol. The van der Waals surface area contributed by atoms with Crippen molar-refractivity contribution in [3.8, 4) is 11.5 Å². The van der Waals surface area contributed by atoms with Gasteiger partial charge in [-0.3, -0.25) is 14.9 Å². The average Bonchev–Trinajstić information content (AvgIpc) is 3.23. The van der Waals surface area contributed by atoms with Crippen molar-refractivity contribution >= 4 is 50.7 Å². The van der Waals surface area contributed by atoms with Gasteiger partial charge in [-0.2, -0.15) is 0 Å². The van der Waals surface area contributed by atoms with Crippen molar-refractivity contribution in [3.05, 3.63) is 45.6 Å². The maximum atomic E-state index is 11.8. The van der Waals surface area contributed by atoms with Gasteiger partial charge in [-0.05, 0) is 35.6 Å². The summed E-state index contributed by atoms with van der Waals surface area (Å²) in [4.78, 5) is 25.6. The molecule has 1 aromatic carbocycles. The fraction of sp³-hybridized carbons (Fsp3) is 0.0769. The Balaban J connectivity index is 1.55. The number of amides is 1. The summed E-state index contributed by atoms with van der Waals surface area (Å²) in [5, 5.41) is 21.6. The molecule has 0 fully saturated rings. The molecule has 0 aliphatic heterocycles. The summed E-state index contributed by atoms with van der Waals surface area (Å²) in [6.45, 7) is 0. The van der Waals surface area contributed by atoms with Crippen LogP contribution in [-0.4, -0.2) is 31.8 Å². The smallest absolute Gasteiger partial charge is 0.345 e. The van der Waals surface area contributed by atoms with Crippen molar-refractivity contribution in [2.75, 3.05) is 11.1 Å². The number of nitrogens with zero attached hydrogens (tertiary/aromatic N) is 4. The molecular formula is C13H8ClN5O4S2. The van der Waals surface area contributed by atoms with Gasteiger partial charge in [0.25, 0.3) is 5.22 Å². The molecule has 0 spiro atoms. The highest BCUT2D eigenvalue weighted by Crippen LogP contribution is 2.26. The van der Waals surface area contributed by atoms with Gasteiger partial charge in [-0.25, -0.2) is 4.98 Å². The quantitative estimate of drug-likeness (QED) is 0.380. The van der Waals surface area contributed by atoms with E-state index in [0.29, 0.717) is 16.5 Å². The minimum absolute atomic E-state index is 0.00434. The topological polar surface area (TPSA) is 124 Å². The molecule has 25 heavy (non-hydrogen) atoms. The molecule has 0 unspecified atom stereocenters. The highest BCUT2D eigenvalue weighted by atomic mass is 35.5. The van der Waals surface area contributed by atoms with Crippen LogP contribution in [0.4, 0.5) is 10.1 Å². The Morgan fingerprint density at radius 2 is 2.12 bits per heavy atom. The Morgan fingerprint density at radius 1 is 1.36 bits per heavy atom. The van der Waals surface area contributed by atoms with Crippen molar-refractivity contribution < 1.29 is 14.1 Å². The van der Waals surface area contributed by atoms with Gasteiger partial charge in [0.2, 0.25) is 11.8 Å². The number of hydrogen-bond donors (Lipinski definition) is 1. The van der Waals surface area contributed by atoms with Crippen LogP contribution < -0.4 is 5.32 Å². The van der Waals surface area contributed by atoms with E-state index in [1.165, 1.54) is 0 Å². The van der Waals surface area contributed by atoms with Gasteiger partial charge >= 0.3 is 5.00 Å². The Bertz CT molecular complexity index is 911. The summed E-state index contributed by atoms with van der Waals surface area (Å²) in [6.07, 6.45) is 1.09. The van der Waals surface area contributed by atoms with E-state index in [1.54, 1.807) is 24.3 Å². The molecule has 0 bridgehead atoms. The minimum Gasteiger partial charge on any atom is -0.411 e. The number of aromatic nitrogens is 3. The Kier molecular flexibility index (Phi) is 5.26. The van der Waals surface area contributed by atoms with Crippen LogP contribution in [0.3, 0.4) is 0 Å². The summed E-state index contributed by atoms with van der Waals surface area (Å²) >= 11 is 7.64. The summed E-state index contributed by atoms with van der Waals surface area (Å²) in [6, 6.07) is 6.89. The lowest BCUT2D eigenvalue weighted by molar-refractivity contribution is -0.380. The van der Waals surface area contributed by atoms with Gasteiger partial charge in [0, 0.05) is 10.6 Å². The molecule has 0 saturated heterocycles. The molecule has 0 aliphatic rings. The SMILES string of the molecule is O=C(CSc1nnc(-c2ccc(Cl)cc2)o1)Nc1ncc([N+](=O)[O-])s1. The number of hydrogen-bond acceptors (Lipinski definition) is 9. The largest absolute Gasteiger partial charge is 0.411 e. The first kappa shape index (κ1) is 17.3. The molecule has 0 radical (unpaired) electrons. The second-order valence-corrected chi connectivity index (χ2v) is 6.85. The van der Waals surface area contributed by atoms with E-state index < -0.39 is 4.92 Å². The second kappa shape index (κ2) is 7.59. The lowest BCUT2D eigenvalue weighted by atomic mass is 10.2. The molecule has 12 heteroatoms. The normalized spacial score (nSPS) is 10.6. The third-order valence-corrected chi connectivity index (χ3v) is 4.68. The van der Waals surface area contributed by atoms with E-state index in [0.717, 1.165) is 29.3 Å². The second-order valence-electron chi connectivity index (χ2n) is 4.48. The number of rotatable bonds is 6. The van der Waals surface area contributed by atoms with E-state index in [-0.39, 0.29) is 27.0 Å². The highest BCUT2D eigenvalue weighted by Gasteiger charge is 2.15. The predicted molar refractivity (Wildman–Crippen MR) is 92.9 cm³/mol. The van der Waals surface area contributed by atoms with E-state index in [2.05, 4.69) is 20.5 Å². The van der Waals surface area contributed by atoms with Crippen molar-refractivity contribution in [3.63, 3.8) is 0 Å². The minimum atomic E-state index is -0.571. The summed E-state index contributed by atoms with van der Waals surface area (Å²) in [7, 11) is 0. The fourth-order valence-corrected chi connectivity index (χ4v) is 3.01. The molecule has 2 heterocycles. The Labute approximate surface area is 153 Å². The number of carbonyl (C=O) groups excluding carboxylic acids is 1. The first-order valence-electron chi connectivity index (χ1n) is 6.63. The number of nitro groups is 1. The summed E-state index contributed by atoms with van der Waals surface area (Å²) in [5.74, 6) is -0.0778. The van der Waals surface area contributed by atoms with Crippen LogP contribution in [-0.2, 0) is 4.79 Å². The van der Waals surface area contributed by atoms with Crippen LogP contribution in [0.15, 0.2) is 40.1 Å². The van der Waals surface area contributed by atoms with Crippen LogP contribution >= 0.6 is 34.7 Å². The van der Waals surface area contributed by atoms with Crippen LogP contribution in [0.2, 0.25) is 5.02 Å². The third-order valence-electron chi connectivity index (χ3n) is 2.74. The lowest BCUT2D eigenvalue weighted by Crippen LogP contribution is -2.13. The number of benzene rings is 1. The zero-order valence-electron chi connectivity index (χ0n) is 12.2. The third kappa shape index (κ3) is 4.53. The van der Waals surface area contributed by atoms with E-state index in [9.17, 15) is 14.9 Å². The molecular weight excluding hydrogens is 390 g/mol. The van der Waals surface area contributed by atoms with Gasteiger partial charge in [-0.1, -0.05) is 23.4 Å². The average molecular weight is 398 g/mol. The predicted octanol–water partition coefficient (Wildman–Crippen LogP) is 3.49. The lowest BCUT2D eigenvalue weighted by Gasteiger charge is -1.98. The van der Waals surface area contributed by atoms with Crippen molar-refractivity contribution in [1.29, 1.82) is 0 Å². The molecule has 128 valence electrons. The first-order chi connectivity index (χ1) is 12.0. The molecule has 0 aliphatic carbocycles. The van der Waals surface area contributed by atoms with Crippen molar-refractivity contribution in [2.45, 2.75) is 5.22 Å². The van der Waals surface area contributed by atoms with Gasteiger partial charge < -0.3 is 9.73 Å². The number of anilines is 1. The van der Waals surface area contributed by atoms with Crippen LogP contribution in [0, 0.1) is 10.1 Å². The molecule has 9 nitrogen and oxygen atoms in total. The number of thiazole rings is 1. The molecule has 2 aromatic heterocycles. The highest BCUT2D eigenvalue weighted by molar-refractivity contribution is 7.99. The molecule has 0 saturated carbocycles. The fourth-order valence-electron chi connectivity index (χ4n) is 1.67. The van der Waals surface area contributed by atoms with Crippen LogP contribution in [0.25, 0.3) is 11.5 Å². The number of carbonyl (C=O) groups is 1. The first-order valence-corrected chi connectivity index (χ1v) is 8.81. The molecule has 3 rings (SSSR count). The summed E-state index contributed by atoms with van der Waals surface area (Å²) in [5.41, 5.74) is 0.711. The van der Waals surface area contributed by atoms with Crippen LogP contribution in [0.5, 0.6) is 0 Å². The molecule has 1 amide bonds. The van der Waals surface area contributed by atoms with E-state index >= 15 is 0 Å². The van der Waals surface area contributed by atoms with E-state index in [1.807, 2.05) is 0 Å². The van der Waals surface area contributed by atoms with Gasteiger partial charge in [0.05, 0.1) is 10.7 Å². The van der Waals surface area contributed by atoms with Crippen molar-refractivity contribution in [1.82, 2.24) is 15.2 Å². The van der Waals surface area contributed by atoms with E-state index in [4.69, 9.17) is 16.0 Å². The number of halogens is 1. The zero-order chi connectivity index (χ0) is 17.8. The molecule has 1 N–H and O–H groups in total. The maximum Gasteiger partial charge on any atom is 0.345 e. The maximum absolute atomic E-state index is 11.8. The Hall–Kier alpha value is -2.50. The molecule has 3 aromatic rings. The Morgan fingerprint density at radius 3 is 2.80 bits per heavy atom. The number of thioether (sulfide) groups is 1. The number of nitrogens with one attached hydrogen (secondary N) is 1. The van der Waals surface area contributed by atoms with Crippen molar-refractivity contribution in [2.24, 2.45) is 0 Å². The molecule has 0 atom stereocenters. The van der Waals surface area contributed by atoms with Gasteiger partial charge in [0.1, 0.15) is 6.20 Å². The standard InChI is InChI=1S/C13H8ClN5O4S2/c14-8-3-1-7(2-4-8)11-17-18-13(23-11)24-6-9(20)16-12-15-5-10(25-12)19(21)22/h1-5H,6H2,(H,15,16,20). The summed E-state index contributed by atoms with van der Waals surface area (Å²) < 4.78 is 5.46. The van der Waals surface area contributed by atoms with Gasteiger partial charge in [-0.15, -0.1) is 10.2 Å².